The Morgan fingerprint density at radius 3 is 1.52 bits per heavy atom. The van der Waals surface area contributed by atoms with Crippen LogP contribution in [0.4, 0.5) is 4.79 Å². The van der Waals surface area contributed by atoms with Crippen molar-refractivity contribution in [2.24, 2.45) is 0 Å². The van der Waals surface area contributed by atoms with Crippen molar-refractivity contribution in [2.45, 2.75) is 6.42 Å². The Balaban J connectivity index is 0.000000189. The van der Waals surface area contributed by atoms with Gasteiger partial charge in [-0.05, 0) is 106 Å². The highest BCUT2D eigenvalue weighted by Crippen LogP contribution is 2.29. The lowest BCUT2D eigenvalue weighted by Crippen LogP contribution is -2.30. The van der Waals surface area contributed by atoms with E-state index in [0.29, 0.717) is 57.2 Å². The van der Waals surface area contributed by atoms with E-state index >= 15 is 0 Å². The second-order valence-electron chi connectivity index (χ2n) is 12.6. The van der Waals surface area contributed by atoms with E-state index < -0.39 is 36.2 Å². The quantitative estimate of drug-likeness (QED) is 0.0386. The van der Waals surface area contributed by atoms with Crippen LogP contribution >= 0.6 is 39.5 Å². The van der Waals surface area contributed by atoms with E-state index in [1.165, 1.54) is 60.7 Å². The van der Waals surface area contributed by atoms with Crippen LogP contribution in [0.15, 0.2) is 132 Å². The maximum absolute atomic E-state index is 11.5. The molecule has 0 bridgehead atoms. The molecule has 5 heterocycles. The van der Waals surface area contributed by atoms with E-state index in [1.54, 1.807) is 54.6 Å². The summed E-state index contributed by atoms with van der Waals surface area (Å²) in [6.45, 7) is 0. The molecule has 2 saturated heterocycles. The number of benzene rings is 3. The number of hydrogen-bond donors (Lipinski definition) is 6. The summed E-state index contributed by atoms with van der Waals surface area (Å²) in [6.07, 6.45) is 2.88. The summed E-state index contributed by atoms with van der Waals surface area (Å²) in [5.74, 6) is -1.17. The molecule has 18 nitrogen and oxygen atoms in total. The molecule has 0 aliphatic carbocycles. The molecule has 2 amide bonds. The number of hydrogen-bond acceptors (Lipinski definition) is 16. The van der Waals surface area contributed by atoms with Gasteiger partial charge in [-0.25, -0.2) is 14.4 Å². The first-order valence-electron chi connectivity index (χ1n) is 18.1. The Labute approximate surface area is 383 Å². The van der Waals surface area contributed by atoms with Gasteiger partial charge >= 0.3 is 25.0 Å². The second kappa shape index (κ2) is 24.5. The molecule has 2 aliphatic heterocycles. The van der Waals surface area contributed by atoms with Crippen molar-refractivity contribution in [2.75, 3.05) is 5.75 Å². The molecule has 2 aliphatic rings. The van der Waals surface area contributed by atoms with Crippen molar-refractivity contribution < 1.29 is 81.8 Å². The third kappa shape index (κ3) is 16.0. The maximum Gasteiger partial charge on any atom is 0.488 e. The number of Topliss-reactive ketones (excluding diaryl/α,β-unsaturated/α-hetero) is 1. The van der Waals surface area contributed by atoms with Crippen molar-refractivity contribution in [1.82, 2.24) is 5.32 Å². The lowest BCUT2D eigenvalue weighted by molar-refractivity contribution is -0.120. The summed E-state index contributed by atoms with van der Waals surface area (Å²) in [4.78, 5) is 95.7. The van der Waals surface area contributed by atoms with Crippen molar-refractivity contribution in [3.05, 3.63) is 153 Å². The fraction of sp³-hybridized carbons (Fsp3) is 0.0465. The number of thioether (sulfide) groups is 2. The van der Waals surface area contributed by atoms with E-state index in [-0.39, 0.29) is 50.1 Å². The summed E-state index contributed by atoms with van der Waals surface area (Å²) in [6, 6.07) is 27.9. The number of carboxylic acid groups (broad SMARTS) is 3. The van der Waals surface area contributed by atoms with Crippen molar-refractivity contribution in [1.29, 1.82) is 0 Å². The van der Waals surface area contributed by atoms with Gasteiger partial charge < -0.3 is 38.6 Å². The zero-order valence-corrected chi connectivity index (χ0v) is 36.2. The van der Waals surface area contributed by atoms with E-state index in [0.717, 1.165) is 23.5 Å². The predicted molar refractivity (Wildman–Crippen MR) is 239 cm³/mol. The fourth-order valence-electron chi connectivity index (χ4n) is 4.97. The monoisotopic (exact) mass is 987 g/mol. The first-order valence-corrected chi connectivity index (χ1v) is 20.7. The number of amides is 2. The molecule has 3 aromatic heterocycles. The molecule has 6 N–H and O–H groups in total. The minimum absolute atomic E-state index is 0.0185. The number of rotatable bonds is 9. The molecule has 332 valence electrons. The molecule has 0 spiro atoms. The van der Waals surface area contributed by atoms with Gasteiger partial charge in [0, 0.05) is 17.2 Å². The molecule has 0 radical (unpaired) electrons. The minimum Gasteiger partial charge on any atom is -0.478 e. The highest BCUT2D eigenvalue weighted by molar-refractivity contribution is 9.10. The molecule has 0 saturated carbocycles. The molecule has 0 atom stereocenters. The zero-order valence-electron chi connectivity index (χ0n) is 32.9. The molecule has 8 rings (SSSR count). The van der Waals surface area contributed by atoms with Gasteiger partial charge in [-0.2, -0.15) is 0 Å². The summed E-state index contributed by atoms with van der Waals surface area (Å²) >= 11 is 4.97. The van der Waals surface area contributed by atoms with Gasteiger partial charge in [0.15, 0.2) is 39.7 Å². The number of ketones is 1. The average Bonchev–Trinajstić information content (AvgIpc) is 4.16. The summed E-state index contributed by atoms with van der Waals surface area (Å²) < 4.78 is 16.1. The SMILES string of the molecule is O=C(O)c1cccc(B(O)O)c1.O=C1CSC(=O)C1.O=C1NC(=O)C(=Cc2ccc(-c3cccc(C(=O)O)c3)o2)S1.O=Cc1ccc(-c2cccc(C(=O)O)c2)o1.O=Cc1ccc(Br)o1. The molecular formula is C43H31BBrNO17S2. The van der Waals surface area contributed by atoms with Crippen LogP contribution in [-0.2, 0) is 14.4 Å². The summed E-state index contributed by atoms with van der Waals surface area (Å²) in [5, 5.41) is 45.5. The third-order valence-electron chi connectivity index (χ3n) is 7.95. The van der Waals surface area contributed by atoms with Gasteiger partial charge in [0.2, 0.25) is 0 Å². The number of imide groups is 1. The van der Waals surface area contributed by atoms with Gasteiger partial charge in [0.1, 0.15) is 17.3 Å². The van der Waals surface area contributed by atoms with Gasteiger partial charge in [-0.15, -0.1) is 0 Å². The molecule has 2 fully saturated rings. The Kier molecular flexibility index (Phi) is 18.9. The van der Waals surface area contributed by atoms with E-state index in [4.69, 9.17) is 38.6 Å². The van der Waals surface area contributed by atoms with Gasteiger partial charge in [-0.1, -0.05) is 48.2 Å². The Morgan fingerprint density at radius 2 is 1.14 bits per heavy atom. The van der Waals surface area contributed by atoms with Gasteiger partial charge in [0.05, 0.1) is 33.8 Å². The Bertz CT molecular complexity index is 2760. The van der Waals surface area contributed by atoms with Crippen LogP contribution in [0, 0.1) is 0 Å². The molecule has 65 heavy (non-hydrogen) atoms. The highest BCUT2D eigenvalue weighted by atomic mass is 79.9. The molecule has 3 aromatic carbocycles. The van der Waals surface area contributed by atoms with Crippen molar-refractivity contribution in [3.63, 3.8) is 0 Å². The number of aromatic carboxylic acids is 3. The minimum atomic E-state index is -1.62. The lowest BCUT2D eigenvalue weighted by atomic mass is 9.80. The second-order valence-corrected chi connectivity index (χ2v) is 15.4. The van der Waals surface area contributed by atoms with Crippen LogP contribution in [0.5, 0.6) is 0 Å². The average molecular weight is 989 g/mol. The largest absolute Gasteiger partial charge is 0.488 e. The van der Waals surface area contributed by atoms with E-state index in [9.17, 15) is 43.2 Å². The number of carboxylic acids is 3. The Morgan fingerprint density at radius 1 is 0.646 bits per heavy atom. The third-order valence-corrected chi connectivity index (χ3v) is 10.1. The van der Waals surface area contributed by atoms with Crippen LogP contribution in [0.2, 0.25) is 0 Å². The van der Waals surface area contributed by atoms with Crippen LogP contribution in [0.1, 0.15) is 64.4 Å². The van der Waals surface area contributed by atoms with E-state index in [1.807, 2.05) is 0 Å². The van der Waals surface area contributed by atoms with Crippen LogP contribution in [-0.4, -0.2) is 90.8 Å². The van der Waals surface area contributed by atoms with Crippen LogP contribution in [0.3, 0.4) is 0 Å². The van der Waals surface area contributed by atoms with Crippen LogP contribution in [0.25, 0.3) is 28.7 Å². The van der Waals surface area contributed by atoms with Gasteiger partial charge in [0.25, 0.3) is 11.1 Å². The topological polar surface area (TPSA) is 306 Å². The number of aldehydes is 2. The fourth-order valence-corrected chi connectivity index (χ4v) is 6.63. The molecule has 22 heteroatoms. The smallest absolute Gasteiger partial charge is 0.478 e. The number of carbonyl (C=O) groups excluding carboxylic acids is 6. The first-order chi connectivity index (χ1) is 31.0. The summed E-state index contributed by atoms with van der Waals surface area (Å²) in [5.41, 5.74) is 1.80. The lowest BCUT2D eigenvalue weighted by Gasteiger charge is -1.99. The Hall–Kier alpha value is -7.37. The number of halogens is 1. The van der Waals surface area contributed by atoms with Crippen molar-refractivity contribution >= 4 is 111 Å². The van der Waals surface area contributed by atoms with Gasteiger partial charge in [-0.3, -0.25) is 34.1 Å². The predicted octanol–water partition coefficient (Wildman–Crippen LogP) is 6.56. The number of carbonyl (C=O) groups is 9. The molecule has 0 unspecified atom stereocenters. The number of furan rings is 3. The highest BCUT2D eigenvalue weighted by Gasteiger charge is 2.25. The van der Waals surface area contributed by atoms with E-state index in [2.05, 4.69) is 21.2 Å². The standard InChI is InChI=1S/C15H9NO5S.C12H8O4.C7H7BO4.C5H3BrO2.C4H4O2S/c17-13-12(22-15(20)16-13)7-10-4-5-11(21-10)8-2-1-3-9(6-8)14(18)19;13-7-10-4-5-11(16-10)8-2-1-3-9(6-8)12(14)15;9-7(10)5-2-1-3-6(4-5)8(11)12;6-5-2-1-4(3-7)8-5;5-3-1-4(6)7-2-3/h1-7H,(H,18,19)(H,16,17,20);1-7H,(H,14,15);1-4,11-12H,(H,9,10);1-3H;1-2H2. The number of nitrogens with one attached hydrogen (secondary N) is 1. The molecular weight excluding hydrogens is 957 g/mol. The molecule has 6 aromatic rings. The summed E-state index contributed by atoms with van der Waals surface area (Å²) in [7, 11) is -1.62. The zero-order chi connectivity index (χ0) is 47.6. The normalized spacial score (nSPS) is 13.1. The van der Waals surface area contributed by atoms with Crippen LogP contribution < -0.4 is 10.8 Å². The maximum atomic E-state index is 11.5. The first kappa shape index (κ1) is 50.3. The van der Waals surface area contributed by atoms with Crippen molar-refractivity contribution in [3.8, 4) is 22.6 Å².